The van der Waals surface area contributed by atoms with E-state index in [0.717, 1.165) is 17.1 Å². The van der Waals surface area contributed by atoms with Gasteiger partial charge in [0.15, 0.2) is 0 Å². The van der Waals surface area contributed by atoms with Crippen molar-refractivity contribution in [3.63, 3.8) is 0 Å². The Morgan fingerprint density at radius 3 is 1.34 bits per heavy atom. The van der Waals surface area contributed by atoms with Crippen LogP contribution in [0.5, 0.6) is 0 Å². The van der Waals surface area contributed by atoms with Gasteiger partial charge in [-0.3, -0.25) is 0 Å². The average molecular weight is 710 g/mol. The zero-order valence-corrected chi connectivity index (χ0v) is 30.3. The van der Waals surface area contributed by atoms with Crippen LogP contribution in [0.3, 0.4) is 0 Å². The van der Waals surface area contributed by atoms with Gasteiger partial charge in [-0.25, -0.2) is 0 Å². The molecule has 0 aliphatic carbocycles. The van der Waals surface area contributed by atoms with Crippen molar-refractivity contribution in [3.05, 3.63) is 188 Å². The number of fused-ring (bicyclic) bond motifs is 9. The van der Waals surface area contributed by atoms with E-state index in [1.54, 1.807) is 0 Å². The Morgan fingerprint density at radius 2 is 0.755 bits per heavy atom. The number of anilines is 3. The van der Waals surface area contributed by atoms with Gasteiger partial charge in [0.25, 0.3) is 0 Å². The maximum absolute atomic E-state index is 2.39. The Morgan fingerprint density at radius 1 is 0.302 bits per heavy atom. The molecule has 0 radical (unpaired) electrons. The first kappa shape index (κ1) is 30.4. The fourth-order valence-electron chi connectivity index (χ4n) is 8.12. The first-order chi connectivity index (χ1) is 26.3. The summed E-state index contributed by atoms with van der Waals surface area (Å²) in [6.45, 7) is 0. The molecule has 0 amide bonds. The Labute approximate surface area is 315 Å². The third-order valence-electron chi connectivity index (χ3n) is 10.7. The molecule has 1 nitrogen and oxygen atoms in total. The molecule has 0 aliphatic heterocycles. The molecule has 248 valence electrons. The summed E-state index contributed by atoms with van der Waals surface area (Å²) in [5, 5.41) is 10.3. The summed E-state index contributed by atoms with van der Waals surface area (Å²) in [5.74, 6) is 0. The topological polar surface area (TPSA) is 3.24 Å². The molecular formula is C50H31NS2. The summed E-state index contributed by atoms with van der Waals surface area (Å²) in [6.07, 6.45) is 0. The molecule has 2 heterocycles. The molecule has 0 aliphatic rings. The molecule has 11 rings (SSSR count). The van der Waals surface area contributed by atoms with Crippen LogP contribution in [-0.4, -0.2) is 0 Å². The fraction of sp³-hybridized carbons (Fsp3) is 0. The van der Waals surface area contributed by atoms with Crippen molar-refractivity contribution >= 4 is 102 Å². The van der Waals surface area contributed by atoms with Crippen molar-refractivity contribution in [1.82, 2.24) is 0 Å². The number of benzene rings is 9. The molecule has 53 heavy (non-hydrogen) atoms. The molecule has 0 spiro atoms. The second-order valence-corrected chi connectivity index (χ2v) is 15.8. The van der Waals surface area contributed by atoms with Gasteiger partial charge in [0.1, 0.15) is 0 Å². The van der Waals surface area contributed by atoms with Crippen molar-refractivity contribution in [2.75, 3.05) is 4.90 Å². The van der Waals surface area contributed by atoms with Crippen molar-refractivity contribution in [1.29, 1.82) is 0 Å². The van der Waals surface area contributed by atoms with Crippen LogP contribution in [0.25, 0.3) is 84.1 Å². The van der Waals surface area contributed by atoms with Gasteiger partial charge in [-0.2, -0.15) is 0 Å². The van der Waals surface area contributed by atoms with E-state index in [-0.39, 0.29) is 0 Å². The summed E-state index contributed by atoms with van der Waals surface area (Å²) in [5.41, 5.74) is 8.38. The largest absolute Gasteiger partial charge is 0.310 e. The van der Waals surface area contributed by atoms with Gasteiger partial charge in [-0.15, -0.1) is 22.7 Å². The van der Waals surface area contributed by atoms with Crippen LogP contribution >= 0.6 is 22.7 Å². The zero-order valence-electron chi connectivity index (χ0n) is 28.7. The Balaban J connectivity index is 1.04. The summed E-state index contributed by atoms with van der Waals surface area (Å²) < 4.78 is 5.33. The molecule has 0 saturated heterocycles. The van der Waals surface area contributed by atoms with E-state index in [0.29, 0.717) is 0 Å². The smallest absolute Gasteiger partial charge is 0.0468 e. The standard InChI is InChI=1S/C50H31NS2/c1-2-10-39-32(9-1)19-20-35-31-38(29-30-40(35)39)51(36-25-21-33(22-26-36)41-13-7-15-45-43-11-3-5-17-47(43)52-49(41)45)37-27-23-34(24-28-37)42-14-8-16-46-44-12-4-6-18-48(44)53-50(42)46/h1-31H. The Hall–Kier alpha value is -6.26. The molecule has 2 aromatic heterocycles. The molecule has 3 heteroatoms. The predicted molar refractivity (Wildman–Crippen MR) is 233 cm³/mol. The van der Waals surface area contributed by atoms with Crippen LogP contribution in [0.2, 0.25) is 0 Å². The maximum Gasteiger partial charge on any atom is 0.0468 e. The minimum absolute atomic E-state index is 1.12. The molecular weight excluding hydrogens is 679 g/mol. The number of thiophene rings is 2. The van der Waals surface area contributed by atoms with Crippen LogP contribution in [0, 0.1) is 0 Å². The van der Waals surface area contributed by atoms with Crippen LogP contribution in [0.1, 0.15) is 0 Å². The Kier molecular flexibility index (Phi) is 6.97. The summed E-state index contributed by atoms with van der Waals surface area (Å²) in [7, 11) is 0. The average Bonchev–Trinajstić information content (AvgIpc) is 3.80. The van der Waals surface area contributed by atoms with Gasteiger partial charge in [0.2, 0.25) is 0 Å². The maximum atomic E-state index is 2.39. The number of rotatable bonds is 5. The fourth-order valence-corrected chi connectivity index (χ4v) is 10.6. The van der Waals surface area contributed by atoms with Crippen LogP contribution in [0.4, 0.5) is 17.1 Å². The van der Waals surface area contributed by atoms with E-state index in [4.69, 9.17) is 0 Å². The lowest BCUT2D eigenvalue weighted by molar-refractivity contribution is 1.29. The van der Waals surface area contributed by atoms with Crippen LogP contribution < -0.4 is 4.90 Å². The van der Waals surface area contributed by atoms with Crippen molar-refractivity contribution in [2.24, 2.45) is 0 Å². The highest BCUT2D eigenvalue weighted by Crippen LogP contribution is 2.44. The highest BCUT2D eigenvalue weighted by Gasteiger charge is 2.17. The summed E-state index contributed by atoms with van der Waals surface area (Å²) in [4.78, 5) is 2.39. The molecule has 0 atom stereocenters. The molecule has 0 saturated carbocycles. The van der Waals surface area contributed by atoms with E-state index in [2.05, 4.69) is 193 Å². The second-order valence-electron chi connectivity index (χ2n) is 13.7. The number of nitrogens with zero attached hydrogens (tertiary/aromatic N) is 1. The van der Waals surface area contributed by atoms with E-state index in [1.807, 2.05) is 22.7 Å². The van der Waals surface area contributed by atoms with Gasteiger partial charge < -0.3 is 4.90 Å². The minimum atomic E-state index is 1.12. The zero-order chi connectivity index (χ0) is 34.9. The second kappa shape index (κ2) is 12.2. The number of hydrogen-bond donors (Lipinski definition) is 0. The third kappa shape index (κ3) is 4.97. The van der Waals surface area contributed by atoms with Crippen molar-refractivity contribution in [3.8, 4) is 22.3 Å². The quantitative estimate of drug-likeness (QED) is 0.161. The highest BCUT2D eigenvalue weighted by molar-refractivity contribution is 7.26. The molecule has 0 fully saturated rings. The highest BCUT2D eigenvalue weighted by atomic mass is 32.1. The molecule has 0 bridgehead atoms. The van der Waals surface area contributed by atoms with Gasteiger partial charge in [-0.1, -0.05) is 140 Å². The van der Waals surface area contributed by atoms with Crippen LogP contribution in [0.15, 0.2) is 188 Å². The van der Waals surface area contributed by atoms with Gasteiger partial charge in [-0.05, 0) is 92.3 Å². The predicted octanol–water partition coefficient (Wildman–Crippen LogP) is 15.5. The van der Waals surface area contributed by atoms with Gasteiger partial charge >= 0.3 is 0 Å². The minimum Gasteiger partial charge on any atom is -0.310 e. The molecule has 9 aromatic carbocycles. The summed E-state index contributed by atoms with van der Waals surface area (Å²) >= 11 is 3.76. The molecule has 0 unspecified atom stereocenters. The molecule has 11 aromatic rings. The van der Waals surface area contributed by atoms with Gasteiger partial charge in [0, 0.05) is 57.4 Å². The lowest BCUT2D eigenvalue weighted by Gasteiger charge is -2.26. The third-order valence-corrected chi connectivity index (χ3v) is 13.1. The normalized spacial score (nSPS) is 11.8. The monoisotopic (exact) mass is 709 g/mol. The first-order valence-corrected chi connectivity index (χ1v) is 19.6. The SMILES string of the molecule is c1ccc2c(c1)ccc1cc(N(c3ccc(-c4cccc5c4sc4ccccc45)cc3)c3ccc(-c4cccc5c4sc4ccccc45)cc3)ccc12. The van der Waals surface area contributed by atoms with Crippen LogP contribution in [-0.2, 0) is 0 Å². The Bertz CT molecular complexity index is 3010. The lowest BCUT2D eigenvalue weighted by atomic mass is 10.00. The van der Waals surface area contributed by atoms with E-state index >= 15 is 0 Å². The van der Waals surface area contributed by atoms with E-state index < -0.39 is 0 Å². The van der Waals surface area contributed by atoms with Crippen molar-refractivity contribution in [2.45, 2.75) is 0 Å². The van der Waals surface area contributed by atoms with E-state index in [9.17, 15) is 0 Å². The summed E-state index contributed by atoms with van der Waals surface area (Å²) in [6, 6.07) is 69.1. The van der Waals surface area contributed by atoms with Crippen molar-refractivity contribution < 1.29 is 0 Å². The molecule has 0 N–H and O–H groups in total. The van der Waals surface area contributed by atoms with E-state index in [1.165, 1.54) is 84.1 Å². The number of hydrogen-bond acceptors (Lipinski definition) is 3. The van der Waals surface area contributed by atoms with Gasteiger partial charge in [0.05, 0.1) is 0 Å². The first-order valence-electron chi connectivity index (χ1n) is 18.0. The lowest BCUT2D eigenvalue weighted by Crippen LogP contribution is -2.09.